The zero-order chi connectivity index (χ0) is 13.2. The molecule has 0 saturated carbocycles. The third kappa shape index (κ3) is 3.54. The van der Waals surface area contributed by atoms with Gasteiger partial charge in [0.1, 0.15) is 0 Å². The van der Waals surface area contributed by atoms with Gasteiger partial charge in [-0.25, -0.2) is 8.42 Å². The normalized spacial score (nSPS) is 17.8. The summed E-state index contributed by atoms with van der Waals surface area (Å²) in [6, 6.07) is 3.41. The number of nitrogens with one attached hydrogen (secondary N) is 1. The fourth-order valence-electron chi connectivity index (χ4n) is 1.77. The molecular formula is C10H17N5O2S. The van der Waals surface area contributed by atoms with Gasteiger partial charge in [-0.2, -0.15) is 0 Å². The molecule has 0 amide bonds. The average molecular weight is 271 g/mol. The first-order valence-electron chi connectivity index (χ1n) is 5.69. The van der Waals surface area contributed by atoms with Crippen molar-refractivity contribution in [1.29, 1.82) is 0 Å². The molecule has 1 aliphatic heterocycles. The van der Waals surface area contributed by atoms with E-state index in [-0.39, 0.29) is 5.82 Å². The molecule has 1 aromatic rings. The predicted molar refractivity (Wildman–Crippen MR) is 70.2 cm³/mol. The Morgan fingerprint density at radius 1 is 1.17 bits per heavy atom. The lowest BCUT2D eigenvalue weighted by Crippen LogP contribution is -2.44. The van der Waals surface area contributed by atoms with E-state index in [0.29, 0.717) is 0 Å². The van der Waals surface area contributed by atoms with Gasteiger partial charge in [0, 0.05) is 26.2 Å². The summed E-state index contributed by atoms with van der Waals surface area (Å²) < 4.78 is 24.3. The fraction of sp³-hybridized carbons (Fsp3) is 0.600. The van der Waals surface area contributed by atoms with Crippen LogP contribution in [0, 0.1) is 0 Å². The first-order chi connectivity index (χ1) is 8.44. The van der Waals surface area contributed by atoms with Crippen molar-refractivity contribution in [2.75, 3.05) is 49.1 Å². The second-order valence-electron chi connectivity index (χ2n) is 4.44. The van der Waals surface area contributed by atoms with Crippen LogP contribution in [0.15, 0.2) is 12.1 Å². The SMILES string of the molecule is CN1CCN(c2ccc(NS(C)(=O)=O)nn2)CC1. The molecule has 100 valence electrons. The number of aromatic nitrogens is 2. The molecule has 0 unspecified atom stereocenters. The Morgan fingerprint density at radius 2 is 1.83 bits per heavy atom. The van der Waals surface area contributed by atoms with E-state index in [1.807, 2.05) is 0 Å². The summed E-state index contributed by atoms with van der Waals surface area (Å²) in [5.74, 6) is 1.03. The summed E-state index contributed by atoms with van der Waals surface area (Å²) in [5.41, 5.74) is 0. The molecule has 18 heavy (non-hydrogen) atoms. The van der Waals surface area contributed by atoms with Crippen LogP contribution in [0.3, 0.4) is 0 Å². The fourth-order valence-corrected chi connectivity index (χ4v) is 2.26. The van der Waals surface area contributed by atoms with Crippen LogP contribution < -0.4 is 9.62 Å². The van der Waals surface area contributed by atoms with Gasteiger partial charge in [-0.15, -0.1) is 10.2 Å². The van der Waals surface area contributed by atoms with Gasteiger partial charge in [-0.3, -0.25) is 4.72 Å². The molecule has 0 aliphatic carbocycles. The quantitative estimate of drug-likeness (QED) is 0.806. The summed E-state index contributed by atoms with van der Waals surface area (Å²) in [5, 5.41) is 7.90. The summed E-state index contributed by atoms with van der Waals surface area (Å²) in [4.78, 5) is 4.39. The molecular weight excluding hydrogens is 254 g/mol. The molecule has 0 radical (unpaired) electrons. The molecule has 2 heterocycles. The highest BCUT2D eigenvalue weighted by Crippen LogP contribution is 2.14. The van der Waals surface area contributed by atoms with Gasteiger partial charge in [0.15, 0.2) is 11.6 Å². The number of likely N-dealkylation sites (N-methyl/N-ethyl adjacent to an activating group) is 1. The number of hydrogen-bond acceptors (Lipinski definition) is 6. The Morgan fingerprint density at radius 3 is 2.33 bits per heavy atom. The van der Waals surface area contributed by atoms with Crippen LogP contribution in [0.5, 0.6) is 0 Å². The van der Waals surface area contributed by atoms with Crippen molar-refractivity contribution in [2.24, 2.45) is 0 Å². The van der Waals surface area contributed by atoms with Gasteiger partial charge in [-0.05, 0) is 19.2 Å². The molecule has 1 N–H and O–H groups in total. The van der Waals surface area contributed by atoms with Crippen LogP contribution in [-0.4, -0.2) is 63.0 Å². The molecule has 1 aromatic heterocycles. The Kier molecular flexibility index (Phi) is 3.67. The molecule has 1 fully saturated rings. The van der Waals surface area contributed by atoms with E-state index in [0.717, 1.165) is 38.3 Å². The summed E-state index contributed by atoms with van der Waals surface area (Å²) >= 11 is 0. The number of sulfonamides is 1. The van der Waals surface area contributed by atoms with Crippen LogP contribution in [-0.2, 0) is 10.0 Å². The molecule has 2 rings (SSSR count). The monoisotopic (exact) mass is 271 g/mol. The number of piperazine rings is 1. The third-order valence-corrected chi connectivity index (χ3v) is 3.35. The van der Waals surface area contributed by atoms with E-state index < -0.39 is 10.0 Å². The standard InChI is InChI=1S/C10H17N5O2S/c1-14-5-7-15(8-6-14)10-4-3-9(11-12-10)13-18(2,16)17/h3-4H,5-8H2,1-2H3,(H,11,13). The predicted octanol–water partition coefficient (Wildman–Crippen LogP) is -0.400. The number of hydrogen-bond donors (Lipinski definition) is 1. The molecule has 0 bridgehead atoms. The van der Waals surface area contributed by atoms with Crippen molar-refractivity contribution in [3.8, 4) is 0 Å². The van der Waals surface area contributed by atoms with Crippen molar-refractivity contribution in [2.45, 2.75) is 0 Å². The zero-order valence-electron chi connectivity index (χ0n) is 10.5. The topological polar surface area (TPSA) is 78.4 Å². The second kappa shape index (κ2) is 5.07. The van der Waals surface area contributed by atoms with Crippen LogP contribution in [0.25, 0.3) is 0 Å². The molecule has 1 aliphatic rings. The second-order valence-corrected chi connectivity index (χ2v) is 6.19. The van der Waals surface area contributed by atoms with Crippen molar-refractivity contribution in [1.82, 2.24) is 15.1 Å². The molecule has 0 atom stereocenters. The summed E-state index contributed by atoms with van der Waals surface area (Å²) in [7, 11) is -1.21. The zero-order valence-corrected chi connectivity index (χ0v) is 11.3. The van der Waals surface area contributed by atoms with Gasteiger partial charge in [0.25, 0.3) is 0 Å². The molecule has 0 spiro atoms. The van der Waals surface area contributed by atoms with E-state index in [1.165, 1.54) is 0 Å². The largest absolute Gasteiger partial charge is 0.353 e. The number of anilines is 2. The first kappa shape index (κ1) is 13.0. The van der Waals surface area contributed by atoms with Gasteiger partial charge in [0.2, 0.25) is 10.0 Å². The summed E-state index contributed by atoms with van der Waals surface area (Å²) in [6.45, 7) is 3.80. The Balaban J connectivity index is 2.03. The lowest BCUT2D eigenvalue weighted by Gasteiger charge is -2.32. The van der Waals surface area contributed by atoms with Gasteiger partial charge in [-0.1, -0.05) is 0 Å². The summed E-state index contributed by atoms with van der Waals surface area (Å²) in [6.07, 6.45) is 1.09. The smallest absolute Gasteiger partial charge is 0.231 e. The first-order valence-corrected chi connectivity index (χ1v) is 7.58. The van der Waals surface area contributed by atoms with E-state index in [2.05, 4.69) is 31.8 Å². The average Bonchev–Trinajstić information content (AvgIpc) is 2.29. The maximum Gasteiger partial charge on any atom is 0.231 e. The third-order valence-electron chi connectivity index (χ3n) is 2.77. The number of rotatable bonds is 3. The van der Waals surface area contributed by atoms with Gasteiger partial charge in [0.05, 0.1) is 6.26 Å². The molecule has 7 nitrogen and oxygen atoms in total. The van der Waals surface area contributed by atoms with Crippen LogP contribution in [0.1, 0.15) is 0 Å². The maximum atomic E-state index is 11.0. The highest BCUT2D eigenvalue weighted by Gasteiger charge is 2.15. The van der Waals surface area contributed by atoms with Crippen LogP contribution >= 0.6 is 0 Å². The lowest BCUT2D eigenvalue weighted by molar-refractivity contribution is 0.312. The molecule has 1 saturated heterocycles. The van der Waals surface area contributed by atoms with Crippen LogP contribution in [0.2, 0.25) is 0 Å². The van der Waals surface area contributed by atoms with E-state index in [4.69, 9.17) is 0 Å². The van der Waals surface area contributed by atoms with Crippen molar-refractivity contribution >= 4 is 21.7 Å². The minimum atomic E-state index is -3.29. The Labute approximate surface area is 107 Å². The van der Waals surface area contributed by atoms with E-state index in [1.54, 1.807) is 12.1 Å². The highest BCUT2D eigenvalue weighted by atomic mass is 32.2. The molecule has 0 aromatic carbocycles. The van der Waals surface area contributed by atoms with Crippen LogP contribution in [0.4, 0.5) is 11.6 Å². The van der Waals surface area contributed by atoms with Crippen molar-refractivity contribution in [3.05, 3.63) is 12.1 Å². The number of nitrogens with zero attached hydrogens (tertiary/aromatic N) is 4. The lowest BCUT2D eigenvalue weighted by atomic mass is 10.3. The minimum absolute atomic E-state index is 0.246. The highest BCUT2D eigenvalue weighted by molar-refractivity contribution is 7.92. The van der Waals surface area contributed by atoms with Gasteiger partial charge >= 0.3 is 0 Å². The maximum absolute atomic E-state index is 11.0. The van der Waals surface area contributed by atoms with Crippen molar-refractivity contribution < 1.29 is 8.42 Å². The Bertz CT molecular complexity index is 494. The Hall–Kier alpha value is -1.41. The molecule has 8 heteroatoms. The van der Waals surface area contributed by atoms with Gasteiger partial charge < -0.3 is 9.80 Å². The van der Waals surface area contributed by atoms with E-state index in [9.17, 15) is 8.42 Å². The van der Waals surface area contributed by atoms with Crippen molar-refractivity contribution in [3.63, 3.8) is 0 Å². The van der Waals surface area contributed by atoms with E-state index >= 15 is 0 Å². The minimum Gasteiger partial charge on any atom is -0.353 e.